The van der Waals surface area contributed by atoms with Crippen molar-refractivity contribution in [2.24, 2.45) is 11.1 Å². The average Bonchev–Trinajstić information content (AvgIpc) is 2.70. The van der Waals surface area contributed by atoms with Crippen LogP contribution in [0, 0.1) is 5.41 Å². The summed E-state index contributed by atoms with van der Waals surface area (Å²) in [5, 5.41) is 9.77. The van der Waals surface area contributed by atoms with Gasteiger partial charge in [-0.25, -0.2) is 0 Å². The van der Waals surface area contributed by atoms with Gasteiger partial charge < -0.3 is 11.1 Å². The molecule has 0 aliphatic heterocycles. The van der Waals surface area contributed by atoms with Gasteiger partial charge in [-0.05, 0) is 30.3 Å². The van der Waals surface area contributed by atoms with E-state index >= 15 is 0 Å². The van der Waals surface area contributed by atoms with E-state index in [1.807, 2.05) is 12.3 Å². The third kappa shape index (κ3) is 7.17. The SMILES string of the molecule is CSCC[C@H](N)C(=O)Nc1cc(CC(C)(C)C)[nH]n1.Cl. The Labute approximate surface area is 131 Å². The fourth-order valence-electron chi connectivity index (χ4n) is 1.68. The molecule has 1 aromatic heterocycles. The Morgan fingerprint density at radius 3 is 2.75 bits per heavy atom. The van der Waals surface area contributed by atoms with Crippen LogP contribution in [0.15, 0.2) is 6.07 Å². The summed E-state index contributed by atoms with van der Waals surface area (Å²) in [6, 6.07) is 1.39. The van der Waals surface area contributed by atoms with Crippen molar-refractivity contribution in [1.29, 1.82) is 0 Å². The maximum atomic E-state index is 11.8. The van der Waals surface area contributed by atoms with Gasteiger partial charge in [0, 0.05) is 11.8 Å². The third-order valence-electron chi connectivity index (χ3n) is 2.57. The van der Waals surface area contributed by atoms with Crippen LogP contribution in [0.5, 0.6) is 0 Å². The molecule has 0 bridgehead atoms. The lowest BCUT2D eigenvalue weighted by atomic mass is 9.91. The number of hydrogen-bond donors (Lipinski definition) is 3. The number of nitrogens with one attached hydrogen (secondary N) is 2. The Morgan fingerprint density at radius 1 is 1.55 bits per heavy atom. The van der Waals surface area contributed by atoms with Gasteiger partial charge in [0.2, 0.25) is 5.91 Å². The quantitative estimate of drug-likeness (QED) is 0.751. The molecule has 0 aliphatic carbocycles. The minimum absolute atomic E-state index is 0. The van der Waals surface area contributed by atoms with E-state index in [0.717, 1.165) is 17.9 Å². The lowest BCUT2D eigenvalue weighted by molar-refractivity contribution is -0.117. The summed E-state index contributed by atoms with van der Waals surface area (Å²) in [6.45, 7) is 6.47. The zero-order valence-electron chi connectivity index (χ0n) is 12.5. The first kappa shape index (κ1) is 19.3. The van der Waals surface area contributed by atoms with Crippen molar-refractivity contribution in [3.05, 3.63) is 11.8 Å². The number of halogens is 1. The van der Waals surface area contributed by atoms with E-state index in [9.17, 15) is 4.79 Å². The largest absolute Gasteiger partial charge is 0.320 e. The summed E-state index contributed by atoms with van der Waals surface area (Å²) in [6.07, 6.45) is 3.55. The Bertz CT molecular complexity index is 417. The summed E-state index contributed by atoms with van der Waals surface area (Å²) in [5.74, 6) is 1.25. The van der Waals surface area contributed by atoms with Crippen LogP contribution in [0.2, 0.25) is 0 Å². The van der Waals surface area contributed by atoms with E-state index in [1.165, 1.54) is 0 Å². The Morgan fingerprint density at radius 2 is 2.20 bits per heavy atom. The zero-order valence-corrected chi connectivity index (χ0v) is 14.2. The number of amides is 1. The fourth-order valence-corrected chi connectivity index (χ4v) is 2.17. The smallest absolute Gasteiger partial charge is 0.242 e. The van der Waals surface area contributed by atoms with Crippen LogP contribution in [0.1, 0.15) is 32.9 Å². The molecule has 0 aliphatic rings. The molecule has 0 saturated heterocycles. The van der Waals surface area contributed by atoms with Gasteiger partial charge in [0.25, 0.3) is 0 Å². The van der Waals surface area contributed by atoms with Crippen LogP contribution in [-0.2, 0) is 11.2 Å². The normalized spacial score (nSPS) is 12.7. The Hall–Kier alpha value is -0.720. The molecule has 1 heterocycles. The second-order valence-corrected chi connectivity index (χ2v) is 6.88. The van der Waals surface area contributed by atoms with Crippen molar-refractivity contribution in [3.63, 3.8) is 0 Å². The van der Waals surface area contributed by atoms with Gasteiger partial charge in [0.1, 0.15) is 0 Å². The number of aromatic amines is 1. The molecule has 0 spiro atoms. The lowest BCUT2D eigenvalue weighted by Gasteiger charge is -2.15. The molecule has 4 N–H and O–H groups in total. The summed E-state index contributed by atoms with van der Waals surface area (Å²) in [4.78, 5) is 11.8. The maximum Gasteiger partial charge on any atom is 0.242 e. The van der Waals surface area contributed by atoms with Gasteiger partial charge in [-0.1, -0.05) is 20.8 Å². The standard InChI is InChI=1S/C13H24N4OS.ClH/c1-13(2,3)8-9-7-11(17-16-9)15-12(18)10(14)5-6-19-4;/h7,10H,5-6,8,14H2,1-4H3,(H2,15,16,17,18);1H/t10-;/m0./s1. The van der Waals surface area contributed by atoms with Crippen LogP contribution >= 0.6 is 24.2 Å². The van der Waals surface area contributed by atoms with Crippen LogP contribution in [0.3, 0.4) is 0 Å². The van der Waals surface area contributed by atoms with E-state index < -0.39 is 6.04 Å². The fraction of sp³-hybridized carbons (Fsp3) is 0.692. The van der Waals surface area contributed by atoms with Crippen molar-refractivity contribution in [3.8, 4) is 0 Å². The number of H-pyrrole nitrogens is 1. The molecule has 0 radical (unpaired) electrons. The van der Waals surface area contributed by atoms with Crippen molar-refractivity contribution in [1.82, 2.24) is 10.2 Å². The number of rotatable bonds is 6. The van der Waals surface area contributed by atoms with E-state index in [4.69, 9.17) is 5.73 Å². The van der Waals surface area contributed by atoms with Gasteiger partial charge in [0.15, 0.2) is 5.82 Å². The van der Waals surface area contributed by atoms with Crippen LogP contribution in [-0.4, -0.2) is 34.2 Å². The highest BCUT2D eigenvalue weighted by molar-refractivity contribution is 7.98. The predicted octanol–water partition coefficient (Wildman–Crippen LogP) is 2.44. The molecule has 0 fully saturated rings. The molecule has 1 rings (SSSR count). The second-order valence-electron chi connectivity index (χ2n) is 5.89. The van der Waals surface area contributed by atoms with Crippen LogP contribution < -0.4 is 11.1 Å². The average molecular weight is 321 g/mol. The highest BCUT2D eigenvalue weighted by Crippen LogP contribution is 2.20. The minimum Gasteiger partial charge on any atom is -0.320 e. The summed E-state index contributed by atoms with van der Waals surface area (Å²) >= 11 is 1.68. The minimum atomic E-state index is -0.477. The van der Waals surface area contributed by atoms with E-state index in [0.29, 0.717) is 12.2 Å². The Balaban J connectivity index is 0.00000361. The van der Waals surface area contributed by atoms with Crippen molar-refractivity contribution in [2.45, 2.75) is 39.7 Å². The molecule has 1 amide bonds. The maximum absolute atomic E-state index is 11.8. The number of carbonyl (C=O) groups excluding carboxylic acids is 1. The number of nitrogens with two attached hydrogens (primary N) is 1. The topological polar surface area (TPSA) is 83.8 Å². The highest BCUT2D eigenvalue weighted by atomic mass is 35.5. The highest BCUT2D eigenvalue weighted by Gasteiger charge is 2.16. The summed E-state index contributed by atoms with van der Waals surface area (Å²) in [5.41, 5.74) is 6.99. The first-order valence-corrected chi connectivity index (χ1v) is 7.81. The van der Waals surface area contributed by atoms with Crippen molar-refractivity contribution < 1.29 is 4.79 Å². The van der Waals surface area contributed by atoms with Gasteiger partial charge >= 0.3 is 0 Å². The van der Waals surface area contributed by atoms with Gasteiger partial charge in [0.05, 0.1) is 6.04 Å². The van der Waals surface area contributed by atoms with Crippen LogP contribution in [0.25, 0.3) is 0 Å². The van der Waals surface area contributed by atoms with Gasteiger partial charge in [-0.15, -0.1) is 12.4 Å². The van der Waals surface area contributed by atoms with E-state index in [1.54, 1.807) is 11.8 Å². The molecule has 0 saturated carbocycles. The molecule has 0 unspecified atom stereocenters. The number of carbonyl (C=O) groups is 1. The van der Waals surface area contributed by atoms with Gasteiger partial charge in [-0.2, -0.15) is 16.9 Å². The molecule has 20 heavy (non-hydrogen) atoms. The summed E-state index contributed by atoms with van der Waals surface area (Å²) < 4.78 is 0. The second kappa shape index (κ2) is 8.54. The first-order chi connectivity index (χ1) is 8.81. The molecule has 1 atom stereocenters. The number of thioether (sulfide) groups is 1. The van der Waals surface area contributed by atoms with Crippen LogP contribution in [0.4, 0.5) is 5.82 Å². The third-order valence-corrected chi connectivity index (χ3v) is 3.22. The monoisotopic (exact) mass is 320 g/mol. The number of nitrogens with zero attached hydrogens (tertiary/aromatic N) is 1. The van der Waals surface area contributed by atoms with Crippen molar-refractivity contribution in [2.75, 3.05) is 17.3 Å². The molecule has 1 aromatic rings. The summed E-state index contributed by atoms with van der Waals surface area (Å²) in [7, 11) is 0. The first-order valence-electron chi connectivity index (χ1n) is 6.41. The number of hydrogen-bond acceptors (Lipinski definition) is 4. The number of anilines is 1. The molecule has 7 heteroatoms. The lowest BCUT2D eigenvalue weighted by Crippen LogP contribution is -2.36. The molecule has 116 valence electrons. The molecule has 0 aromatic carbocycles. The number of aromatic nitrogens is 2. The predicted molar refractivity (Wildman–Crippen MR) is 88.6 cm³/mol. The van der Waals surface area contributed by atoms with Crippen molar-refractivity contribution >= 4 is 35.9 Å². The van der Waals surface area contributed by atoms with E-state index in [2.05, 4.69) is 36.3 Å². The molecular weight excluding hydrogens is 296 g/mol. The Kier molecular flexibility index (Phi) is 8.23. The zero-order chi connectivity index (χ0) is 14.5. The van der Waals surface area contributed by atoms with E-state index in [-0.39, 0.29) is 23.7 Å². The molecule has 5 nitrogen and oxygen atoms in total. The molecular formula is C13H25ClN4OS. The van der Waals surface area contributed by atoms with Gasteiger partial charge in [-0.3, -0.25) is 9.89 Å².